The maximum Gasteiger partial charge on any atom is 0.414 e. The lowest BCUT2D eigenvalue weighted by atomic mass is 9.98. The molecule has 1 N–H and O–H groups in total. The molecule has 72 valence electrons. The predicted molar refractivity (Wildman–Crippen MR) is 47.7 cm³/mol. The third-order valence-electron chi connectivity index (χ3n) is 1.52. The molecule has 13 heavy (non-hydrogen) atoms. The maximum atomic E-state index is 12.3. The largest absolute Gasteiger partial charge is 0.508 e. The van der Waals surface area contributed by atoms with Crippen LogP contribution in [0.1, 0.15) is 0 Å². The van der Waals surface area contributed by atoms with Crippen molar-refractivity contribution >= 4 is 28.4 Å². The van der Waals surface area contributed by atoms with E-state index in [-0.39, 0.29) is 0 Å². The van der Waals surface area contributed by atoms with Crippen molar-refractivity contribution in [1.29, 1.82) is 0 Å². The molecule has 1 rings (SSSR count). The molecular formula is C7H4F3IO2. The van der Waals surface area contributed by atoms with Crippen molar-refractivity contribution < 1.29 is 23.1 Å². The highest BCUT2D eigenvalue weighted by molar-refractivity contribution is 14.1. The Morgan fingerprint density at radius 2 is 1.92 bits per heavy atom. The molecule has 1 aliphatic rings. The van der Waals surface area contributed by atoms with Crippen LogP contribution in [0.25, 0.3) is 0 Å². The van der Waals surface area contributed by atoms with E-state index >= 15 is 0 Å². The van der Waals surface area contributed by atoms with Gasteiger partial charge >= 0.3 is 6.18 Å². The summed E-state index contributed by atoms with van der Waals surface area (Å²) in [6, 6.07) is 0. The molecule has 1 unspecified atom stereocenters. The van der Waals surface area contributed by atoms with Crippen molar-refractivity contribution in [3.8, 4) is 0 Å². The van der Waals surface area contributed by atoms with Crippen LogP contribution in [0.5, 0.6) is 0 Å². The number of ketones is 1. The molecule has 0 radical (unpaired) electrons. The van der Waals surface area contributed by atoms with E-state index in [2.05, 4.69) is 0 Å². The monoisotopic (exact) mass is 304 g/mol. The number of hydrogen-bond donors (Lipinski definition) is 1. The van der Waals surface area contributed by atoms with Gasteiger partial charge in [-0.25, -0.2) is 0 Å². The van der Waals surface area contributed by atoms with Crippen molar-refractivity contribution in [2.24, 2.45) is 0 Å². The van der Waals surface area contributed by atoms with E-state index in [1.165, 1.54) is 0 Å². The van der Waals surface area contributed by atoms with Gasteiger partial charge in [0, 0.05) is 0 Å². The lowest BCUT2D eigenvalue weighted by Gasteiger charge is -2.25. The number of aliphatic hydroxyl groups is 1. The van der Waals surface area contributed by atoms with E-state index in [4.69, 9.17) is 5.11 Å². The summed E-state index contributed by atoms with van der Waals surface area (Å²) in [5.74, 6) is -1.63. The van der Waals surface area contributed by atoms with E-state index in [1.807, 2.05) is 0 Å². The van der Waals surface area contributed by atoms with Crippen molar-refractivity contribution in [3.05, 3.63) is 24.0 Å². The highest BCUT2D eigenvalue weighted by Crippen LogP contribution is 2.42. The van der Waals surface area contributed by atoms with Crippen LogP contribution in [0.15, 0.2) is 24.0 Å². The minimum absolute atomic E-state index is 0.496. The van der Waals surface area contributed by atoms with Gasteiger partial charge in [0.2, 0.25) is 3.42 Å². The number of halogens is 4. The van der Waals surface area contributed by atoms with Gasteiger partial charge in [-0.1, -0.05) is 22.6 Å². The van der Waals surface area contributed by atoms with Crippen molar-refractivity contribution in [3.63, 3.8) is 0 Å². The smallest absolute Gasteiger partial charge is 0.414 e. The molecule has 0 saturated carbocycles. The van der Waals surface area contributed by atoms with Gasteiger partial charge in [0.05, 0.1) is 0 Å². The molecule has 1 atom stereocenters. The standard InChI is InChI=1S/C7H4F3IO2/c8-7(9,10)6(11)3-4(12)1-2-5(6)13/h1-3,12H. The molecule has 0 spiro atoms. The molecular weight excluding hydrogens is 300 g/mol. The van der Waals surface area contributed by atoms with Crippen molar-refractivity contribution in [1.82, 2.24) is 0 Å². The zero-order valence-electron chi connectivity index (χ0n) is 6.10. The van der Waals surface area contributed by atoms with Gasteiger partial charge in [-0.15, -0.1) is 0 Å². The van der Waals surface area contributed by atoms with Gasteiger partial charge in [-0.3, -0.25) is 4.79 Å². The fourth-order valence-electron chi connectivity index (χ4n) is 0.827. The second-order valence-corrected chi connectivity index (χ2v) is 4.18. The number of aliphatic hydroxyl groups excluding tert-OH is 1. The van der Waals surface area contributed by atoms with Gasteiger partial charge in [0.15, 0.2) is 5.78 Å². The molecule has 0 aliphatic heterocycles. The minimum atomic E-state index is -4.69. The number of allylic oxidation sites excluding steroid dienone is 3. The third-order valence-corrected chi connectivity index (χ3v) is 2.98. The zero-order chi connectivity index (χ0) is 10.3. The number of carbonyl (C=O) groups is 1. The summed E-state index contributed by atoms with van der Waals surface area (Å²) < 4.78 is 34.4. The fourth-order valence-corrected chi connectivity index (χ4v) is 1.33. The fraction of sp³-hybridized carbons (Fsp3) is 0.286. The molecule has 0 aromatic rings. The second-order valence-electron chi connectivity index (χ2n) is 2.48. The van der Waals surface area contributed by atoms with E-state index in [1.54, 1.807) is 0 Å². The van der Waals surface area contributed by atoms with Gasteiger partial charge in [-0.2, -0.15) is 13.2 Å². The first-order valence-corrected chi connectivity index (χ1v) is 4.25. The highest BCUT2D eigenvalue weighted by Gasteiger charge is 2.57. The molecule has 0 bridgehead atoms. The lowest BCUT2D eigenvalue weighted by Crippen LogP contribution is -2.45. The van der Waals surface area contributed by atoms with Crippen molar-refractivity contribution in [2.75, 3.05) is 0 Å². The maximum absolute atomic E-state index is 12.3. The molecule has 2 nitrogen and oxygen atoms in total. The minimum Gasteiger partial charge on any atom is -0.508 e. The topological polar surface area (TPSA) is 37.3 Å². The third kappa shape index (κ3) is 1.72. The van der Waals surface area contributed by atoms with Crippen molar-refractivity contribution in [2.45, 2.75) is 9.60 Å². The second kappa shape index (κ2) is 3.00. The SMILES string of the molecule is O=C1C=CC(O)=CC1(I)C(F)(F)F. The molecule has 0 amide bonds. The van der Waals surface area contributed by atoms with Crippen LogP contribution < -0.4 is 0 Å². The average Bonchev–Trinajstić information content (AvgIpc) is 1.95. The summed E-state index contributed by atoms with van der Waals surface area (Å²) in [6.07, 6.45) is -2.54. The Balaban J connectivity index is 3.17. The lowest BCUT2D eigenvalue weighted by molar-refractivity contribution is -0.155. The molecule has 0 saturated heterocycles. The van der Waals surface area contributed by atoms with Crippen LogP contribution in [0.3, 0.4) is 0 Å². The van der Waals surface area contributed by atoms with Crippen LogP contribution in [-0.2, 0) is 4.79 Å². The summed E-state index contributed by atoms with van der Waals surface area (Å²) >= 11 is 0.976. The first-order valence-electron chi connectivity index (χ1n) is 3.17. The average molecular weight is 304 g/mol. The molecule has 0 heterocycles. The quantitative estimate of drug-likeness (QED) is 0.551. The first-order chi connectivity index (χ1) is 5.77. The van der Waals surface area contributed by atoms with Gasteiger partial charge in [0.1, 0.15) is 5.76 Å². The summed E-state index contributed by atoms with van der Waals surface area (Å²) in [6.45, 7) is 0. The predicted octanol–water partition coefficient (Wildman–Crippen LogP) is 2.30. The molecule has 6 heteroatoms. The summed E-state index contributed by atoms with van der Waals surface area (Å²) in [4.78, 5) is 10.9. The summed E-state index contributed by atoms with van der Waals surface area (Å²) in [7, 11) is 0. The normalized spacial score (nSPS) is 28.9. The Morgan fingerprint density at radius 1 is 1.38 bits per heavy atom. The van der Waals surface area contributed by atoms with Gasteiger partial charge in [-0.05, 0) is 18.2 Å². The number of rotatable bonds is 0. The molecule has 0 aromatic carbocycles. The number of carbonyl (C=O) groups excluding carboxylic acids is 1. The van der Waals surface area contributed by atoms with Crippen LogP contribution >= 0.6 is 22.6 Å². The Kier molecular flexibility index (Phi) is 2.44. The summed E-state index contributed by atoms with van der Waals surface area (Å²) in [5.41, 5.74) is 0. The summed E-state index contributed by atoms with van der Waals surface area (Å²) in [5, 5.41) is 8.84. The van der Waals surface area contributed by atoms with E-state index in [9.17, 15) is 18.0 Å². The Morgan fingerprint density at radius 3 is 2.31 bits per heavy atom. The van der Waals surface area contributed by atoms with Crippen LogP contribution in [-0.4, -0.2) is 20.5 Å². The van der Waals surface area contributed by atoms with E-state index in [0.29, 0.717) is 6.08 Å². The van der Waals surface area contributed by atoms with Crippen LogP contribution in [0.2, 0.25) is 0 Å². The van der Waals surface area contributed by atoms with E-state index < -0.39 is 21.1 Å². The number of alkyl halides is 4. The highest BCUT2D eigenvalue weighted by atomic mass is 127. The molecule has 0 aromatic heterocycles. The van der Waals surface area contributed by atoms with Gasteiger partial charge < -0.3 is 5.11 Å². The van der Waals surface area contributed by atoms with Crippen LogP contribution in [0, 0.1) is 0 Å². The Bertz CT molecular complexity index is 305. The first kappa shape index (κ1) is 10.6. The zero-order valence-corrected chi connectivity index (χ0v) is 8.26. The Hall–Kier alpha value is -0.530. The molecule has 0 fully saturated rings. The van der Waals surface area contributed by atoms with Gasteiger partial charge in [0.25, 0.3) is 0 Å². The molecule has 1 aliphatic carbocycles. The van der Waals surface area contributed by atoms with E-state index in [0.717, 1.165) is 34.7 Å². The number of hydrogen-bond acceptors (Lipinski definition) is 2. The van der Waals surface area contributed by atoms with Crippen LogP contribution in [0.4, 0.5) is 13.2 Å². The Labute approximate surface area is 85.3 Å².